The van der Waals surface area contributed by atoms with Crippen molar-refractivity contribution in [2.24, 2.45) is 0 Å². The predicted molar refractivity (Wildman–Crippen MR) is 70.5 cm³/mol. The highest BCUT2D eigenvalue weighted by Crippen LogP contribution is 2.40. The summed E-state index contributed by atoms with van der Waals surface area (Å²) in [7, 11) is 0. The largest absolute Gasteiger partial charge is 0.428 e. The van der Waals surface area contributed by atoms with Gasteiger partial charge in [0.05, 0.1) is 10.2 Å². The van der Waals surface area contributed by atoms with E-state index in [4.69, 9.17) is 10.5 Å². The zero-order chi connectivity index (χ0) is 12.7. The molecule has 94 valence electrons. The van der Waals surface area contributed by atoms with Crippen LogP contribution in [0.2, 0.25) is 0 Å². The second kappa shape index (κ2) is 4.47. The maximum absolute atomic E-state index is 13.4. The normalized spacial score (nSPS) is 14.8. The Bertz CT molecular complexity index is 600. The lowest BCUT2D eigenvalue weighted by molar-refractivity contribution is 0.473. The third-order valence-corrected chi connectivity index (χ3v) is 3.83. The third kappa shape index (κ3) is 2.32. The number of nitrogens with zero attached hydrogens (tertiary/aromatic N) is 2. The van der Waals surface area contributed by atoms with E-state index in [0.29, 0.717) is 21.3 Å². The van der Waals surface area contributed by atoms with E-state index in [1.165, 1.54) is 12.1 Å². The van der Waals surface area contributed by atoms with Crippen molar-refractivity contribution < 1.29 is 9.13 Å². The molecule has 18 heavy (non-hydrogen) atoms. The molecule has 7 heteroatoms. The Balaban J connectivity index is 1.84. The van der Waals surface area contributed by atoms with Crippen LogP contribution in [0.15, 0.2) is 16.6 Å². The first-order chi connectivity index (χ1) is 8.63. The number of halogens is 2. The van der Waals surface area contributed by atoms with E-state index >= 15 is 0 Å². The zero-order valence-electron chi connectivity index (χ0n) is 9.19. The summed E-state index contributed by atoms with van der Waals surface area (Å²) in [6.45, 7) is 0. The topological polar surface area (TPSA) is 61.0 Å². The molecule has 0 aliphatic heterocycles. The quantitative estimate of drug-likeness (QED) is 0.872. The van der Waals surface area contributed by atoms with Crippen LogP contribution in [0.3, 0.4) is 0 Å². The van der Waals surface area contributed by atoms with Crippen LogP contribution in [-0.4, -0.2) is 9.36 Å². The second-order valence-electron chi connectivity index (χ2n) is 4.10. The minimum absolute atomic E-state index is 0.259. The first-order valence-electron chi connectivity index (χ1n) is 5.39. The average Bonchev–Trinajstić information content (AvgIpc) is 3.07. The minimum atomic E-state index is -0.425. The van der Waals surface area contributed by atoms with E-state index in [1.807, 2.05) is 0 Å². The van der Waals surface area contributed by atoms with Crippen LogP contribution in [0.1, 0.15) is 24.6 Å². The van der Waals surface area contributed by atoms with Gasteiger partial charge in [0.25, 0.3) is 5.19 Å². The Kier molecular flexibility index (Phi) is 2.95. The van der Waals surface area contributed by atoms with Gasteiger partial charge < -0.3 is 10.5 Å². The minimum Gasteiger partial charge on any atom is -0.428 e. The van der Waals surface area contributed by atoms with Crippen LogP contribution in [0.4, 0.5) is 10.1 Å². The van der Waals surface area contributed by atoms with Gasteiger partial charge in [-0.15, -0.1) is 0 Å². The molecule has 1 saturated carbocycles. The molecule has 3 rings (SSSR count). The number of hydrogen-bond acceptors (Lipinski definition) is 5. The summed E-state index contributed by atoms with van der Waals surface area (Å²) in [4.78, 5) is 4.26. The molecule has 0 saturated heterocycles. The van der Waals surface area contributed by atoms with E-state index in [-0.39, 0.29) is 5.75 Å². The van der Waals surface area contributed by atoms with Gasteiger partial charge in [-0.25, -0.2) is 4.39 Å². The zero-order valence-corrected chi connectivity index (χ0v) is 11.6. The molecular formula is C11H9BrFN3OS. The predicted octanol–water partition coefficient (Wildman–Crippen LogP) is 3.69. The summed E-state index contributed by atoms with van der Waals surface area (Å²) in [6.07, 6.45) is 2.26. The van der Waals surface area contributed by atoms with E-state index in [9.17, 15) is 4.39 Å². The van der Waals surface area contributed by atoms with Crippen molar-refractivity contribution >= 4 is 33.1 Å². The Morgan fingerprint density at radius 1 is 1.44 bits per heavy atom. The lowest BCUT2D eigenvalue weighted by Crippen LogP contribution is -1.94. The molecule has 1 aromatic heterocycles. The Morgan fingerprint density at radius 2 is 2.22 bits per heavy atom. The van der Waals surface area contributed by atoms with E-state index < -0.39 is 5.82 Å². The van der Waals surface area contributed by atoms with E-state index in [2.05, 4.69) is 25.3 Å². The lowest BCUT2D eigenvalue weighted by atomic mass is 10.3. The maximum atomic E-state index is 13.4. The molecule has 1 fully saturated rings. The van der Waals surface area contributed by atoms with Gasteiger partial charge >= 0.3 is 0 Å². The van der Waals surface area contributed by atoms with Crippen molar-refractivity contribution in [3.8, 4) is 10.9 Å². The van der Waals surface area contributed by atoms with Gasteiger partial charge in [-0.1, -0.05) is 0 Å². The highest BCUT2D eigenvalue weighted by molar-refractivity contribution is 9.10. The Labute approximate surface area is 115 Å². The summed E-state index contributed by atoms with van der Waals surface area (Å²) >= 11 is 4.22. The highest BCUT2D eigenvalue weighted by atomic mass is 79.9. The van der Waals surface area contributed by atoms with Gasteiger partial charge in [-0.2, -0.15) is 9.36 Å². The van der Waals surface area contributed by atoms with Crippen molar-refractivity contribution in [2.75, 3.05) is 5.73 Å². The number of nitrogens with two attached hydrogens (primary N) is 1. The number of hydrogen-bond donors (Lipinski definition) is 1. The van der Waals surface area contributed by atoms with E-state index in [1.54, 1.807) is 0 Å². The summed E-state index contributed by atoms with van der Waals surface area (Å²) in [5.41, 5.74) is 6.11. The van der Waals surface area contributed by atoms with Crippen molar-refractivity contribution in [2.45, 2.75) is 18.8 Å². The smallest absolute Gasteiger partial charge is 0.298 e. The number of anilines is 1. The first kappa shape index (κ1) is 11.9. The fourth-order valence-corrected chi connectivity index (χ4v) is 2.48. The van der Waals surface area contributed by atoms with Crippen LogP contribution in [0.5, 0.6) is 10.9 Å². The maximum Gasteiger partial charge on any atom is 0.298 e. The van der Waals surface area contributed by atoms with Gasteiger partial charge in [-0.3, -0.25) is 0 Å². The van der Waals surface area contributed by atoms with Gasteiger partial charge in [0.1, 0.15) is 11.6 Å². The fourth-order valence-electron chi connectivity index (χ4n) is 1.50. The van der Waals surface area contributed by atoms with E-state index in [0.717, 1.165) is 30.2 Å². The molecule has 1 aliphatic carbocycles. The van der Waals surface area contributed by atoms with Crippen LogP contribution >= 0.6 is 27.5 Å². The SMILES string of the molecule is Nc1cc(Br)c(F)cc1Oc1nc(C2CC2)ns1. The van der Waals surface area contributed by atoms with Crippen molar-refractivity contribution in [1.82, 2.24) is 9.36 Å². The highest BCUT2D eigenvalue weighted by Gasteiger charge is 2.28. The second-order valence-corrected chi connectivity index (χ2v) is 5.67. The Morgan fingerprint density at radius 3 is 2.94 bits per heavy atom. The van der Waals surface area contributed by atoms with Gasteiger partial charge in [0.2, 0.25) is 0 Å². The summed E-state index contributed by atoms with van der Waals surface area (Å²) in [6, 6.07) is 2.70. The average molecular weight is 330 g/mol. The number of aromatic nitrogens is 2. The van der Waals surface area contributed by atoms with Crippen molar-refractivity contribution in [1.29, 1.82) is 0 Å². The molecule has 2 N–H and O–H groups in total. The molecular weight excluding hydrogens is 321 g/mol. The monoisotopic (exact) mass is 329 g/mol. The Hall–Kier alpha value is -1.21. The standard InChI is InChI=1S/C11H9BrFN3OS/c12-6-3-8(14)9(4-7(6)13)17-11-15-10(16-18-11)5-1-2-5/h3-5H,1-2,14H2. The molecule has 0 radical (unpaired) electrons. The van der Waals surface area contributed by atoms with Crippen LogP contribution in [0, 0.1) is 5.82 Å². The van der Waals surface area contributed by atoms with Crippen LogP contribution < -0.4 is 10.5 Å². The van der Waals surface area contributed by atoms with Crippen LogP contribution in [-0.2, 0) is 0 Å². The molecule has 1 aromatic carbocycles. The number of rotatable bonds is 3. The first-order valence-corrected chi connectivity index (χ1v) is 6.96. The summed E-state index contributed by atoms with van der Waals surface area (Å²) in [5.74, 6) is 1.11. The number of benzene rings is 1. The fraction of sp³-hybridized carbons (Fsp3) is 0.273. The number of nitrogen functional groups attached to an aromatic ring is 1. The molecule has 0 atom stereocenters. The molecule has 4 nitrogen and oxygen atoms in total. The number of ether oxygens (including phenoxy) is 1. The third-order valence-electron chi connectivity index (χ3n) is 2.62. The molecule has 1 aliphatic rings. The molecule has 0 unspecified atom stereocenters. The summed E-state index contributed by atoms with van der Waals surface area (Å²) in [5, 5.41) is 0.394. The molecule has 0 amide bonds. The molecule has 0 spiro atoms. The van der Waals surface area contributed by atoms with Gasteiger partial charge in [0, 0.05) is 23.5 Å². The lowest BCUT2D eigenvalue weighted by Gasteiger charge is -2.06. The van der Waals surface area contributed by atoms with Crippen molar-refractivity contribution in [3.63, 3.8) is 0 Å². The summed E-state index contributed by atoms with van der Waals surface area (Å²) < 4.78 is 23.4. The molecule has 1 heterocycles. The van der Waals surface area contributed by atoms with Gasteiger partial charge in [0.15, 0.2) is 5.75 Å². The van der Waals surface area contributed by atoms with Gasteiger partial charge in [-0.05, 0) is 34.8 Å². The van der Waals surface area contributed by atoms with Crippen molar-refractivity contribution in [3.05, 3.63) is 28.2 Å². The van der Waals surface area contributed by atoms with Crippen LogP contribution in [0.25, 0.3) is 0 Å². The molecule has 0 bridgehead atoms. The molecule has 2 aromatic rings.